The van der Waals surface area contributed by atoms with Crippen molar-refractivity contribution in [1.29, 1.82) is 0 Å². The van der Waals surface area contributed by atoms with Gasteiger partial charge in [-0.1, -0.05) is 11.6 Å². The Morgan fingerprint density at radius 1 is 1.33 bits per heavy atom. The summed E-state index contributed by atoms with van der Waals surface area (Å²) in [4.78, 5) is 4.29. The predicted octanol–water partition coefficient (Wildman–Crippen LogP) is 2.43. The quantitative estimate of drug-likeness (QED) is 0.855. The lowest BCUT2D eigenvalue weighted by atomic mass is 10.1. The highest BCUT2D eigenvalue weighted by atomic mass is 16.5. The molecule has 0 bridgehead atoms. The molecule has 2 rings (SSSR count). The van der Waals surface area contributed by atoms with Crippen molar-refractivity contribution >= 4 is 0 Å². The Morgan fingerprint density at radius 2 is 2.10 bits per heavy atom. The van der Waals surface area contributed by atoms with E-state index in [4.69, 9.17) is 9.15 Å². The Balaban J connectivity index is 1.95. The van der Waals surface area contributed by atoms with E-state index in [1.807, 2.05) is 39.0 Å². The number of aliphatic hydroxyl groups excluding tert-OH is 1. The van der Waals surface area contributed by atoms with Gasteiger partial charge in [0, 0.05) is 12.1 Å². The molecule has 0 spiro atoms. The maximum absolute atomic E-state index is 10.3. The van der Waals surface area contributed by atoms with Crippen LogP contribution in [-0.2, 0) is 6.54 Å². The number of ether oxygens (including phenoxy) is 1. The van der Waals surface area contributed by atoms with Crippen molar-refractivity contribution in [2.45, 2.75) is 33.4 Å². The maximum Gasteiger partial charge on any atom is 0.208 e. The minimum atomic E-state index is -0.642. The zero-order valence-electron chi connectivity index (χ0n) is 12.9. The lowest BCUT2D eigenvalue weighted by Gasteiger charge is -2.15. The van der Waals surface area contributed by atoms with Gasteiger partial charge in [-0.05, 0) is 32.9 Å². The fourth-order valence-electron chi connectivity index (χ4n) is 2.15. The summed E-state index contributed by atoms with van der Waals surface area (Å²) in [7, 11) is 1.60. The molecule has 0 saturated heterocycles. The van der Waals surface area contributed by atoms with Crippen molar-refractivity contribution in [2.24, 2.45) is 0 Å². The molecule has 0 saturated carbocycles. The van der Waals surface area contributed by atoms with E-state index in [-0.39, 0.29) is 0 Å². The Morgan fingerprint density at radius 3 is 2.71 bits per heavy atom. The van der Waals surface area contributed by atoms with Gasteiger partial charge in [0.15, 0.2) is 0 Å². The molecule has 1 atom stereocenters. The third kappa shape index (κ3) is 3.83. The van der Waals surface area contributed by atoms with Crippen LogP contribution in [0.15, 0.2) is 22.6 Å². The summed E-state index contributed by atoms with van der Waals surface area (Å²) in [6.45, 7) is 6.68. The van der Waals surface area contributed by atoms with Crippen LogP contribution in [0.3, 0.4) is 0 Å². The first-order valence-electron chi connectivity index (χ1n) is 6.97. The standard InChI is InChI=1S/C16H22N2O3/c1-10-5-6-15(20-4)13(7-10)14(19)8-17-9-16-18-11(2)12(3)21-16/h5-7,14,17,19H,8-9H2,1-4H3. The van der Waals surface area contributed by atoms with Gasteiger partial charge in [0.05, 0.1) is 25.5 Å². The number of aromatic nitrogens is 1. The van der Waals surface area contributed by atoms with Crippen molar-refractivity contribution in [1.82, 2.24) is 10.3 Å². The SMILES string of the molecule is COc1ccc(C)cc1C(O)CNCc1nc(C)c(C)o1. The molecule has 2 aromatic rings. The Bertz CT molecular complexity index is 588. The van der Waals surface area contributed by atoms with E-state index in [0.717, 1.165) is 22.6 Å². The van der Waals surface area contributed by atoms with Crippen LogP contribution in [-0.4, -0.2) is 23.7 Å². The third-order valence-electron chi connectivity index (χ3n) is 3.43. The van der Waals surface area contributed by atoms with Gasteiger partial charge in [-0.15, -0.1) is 0 Å². The molecule has 5 nitrogen and oxygen atoms in total. The summed E-state index contributed by atoms with van der Waals surface area (Å²) in [5.74, 6) is 2.15. The van der Waals surface area contributed by atoms with Crippen molar-refractivity contribution < 1.29 is 14.3 Å². The van der Waals surface area contributed by atoms with Crippen molar-refractivity contribution in [2.75, 3.05) is 13.7 Å². The minimum Gasteiger partial charge on any atom is -0.496 e. The molecular weight excluding hydrogens is 268 g/mol. The molecule has 21 heavy (non-hydrogen) atoms. The second-order valence-electron chi connectivity index (χ2n) is 5.14. The number of aryl methyl sites for hydroxylation is 3. The van der Waals surface area contributed by atoms with Gasteiger partial charge in [0.1, 0.15) is 11.5 Å². The Hall–Kier alpha value is -1.85. The fourth-order valence-corrected chi connectivity index (χ4v) is 2.15. The van der Waals surface area contributed by atoms with Gasteiger partial charge in [-0.25, -0.2) is 4.98 Å². The monoisotopic (exact) mass is 290 g/mol. The summed E-state index contributed by atoms with van der Waals surface area (Å²) in [6.07, 6.45) is -0.642. The predicted molar refractivity (Wildman–Crippen MR) is 80.4 cm³/mol. The molecule has 1 heterocycles. The van der Waals surface area contributed by atoms with Gasteiger partial charge in [0.2, 0.25) is 5.89 Å². The summed E-state index contributed by atoms with van der Waals surface area (Å²) in [5, 5.41) is 13.5. The molecule has 0 fully saturated rings. The number of aliphatic hydroxyl groups is 1. The highest BCUT2D eigenvalue weighted by Crippen LogP contribution is 2.25. The van der Waals surface area contributed by atoms with Crippen LogP contribution in [0, 0.1) is 20.8 Å². The van der Waals surface area contributed by atoms with Gasteiger partial charge < -0.3 is 19.6 Å². The molecule has 0 aliphatic heterocycles. The van der Waals surface area contributed by atoms with Gasteiger partial charge in [-0.2, -0.15) is 0 Å². The molecule has 1 unspecified atom stereocenters. The molecule has 0 amide bonds. The average molecular weight is 290 g/mol. The van der Waals surface area contributed by atoms with E-state index in [2.05, 4.69) is 10.3 Å². The van der Waals surface area contributed by atoms with Crippen LogP contribution in [0.4, 0.5) is 0 Å². The van der Waals surface area contributed by atoms with E-state index in [9.17, 15) is 5.11 Å². The molecule has 114 valence electrons. The lowest BCUT2D eigenvalue weighted by molar-refractivity contribution is 0.169. The van der Waals surface area contributed by atoms with Crippen LogP contribution in [0.25, 0.3) is 0 Å². The second-order valence-corrected chi connectivity index (χ2v) is 5.14. The molecule has 5 heteroatoms. The van der Waals surface area contributed by atoms with Crippen LogP contribution < -0.4 is 10.1 Å². The fraction of sp³-hybridized carbons (Fsp3) is 0.438. The summed E-state index contributed by atoms with van der Waals surface area (Å²) < 4.78 is 10.8. The number of hydrogen-bond acceptors (Lipinski definition) is 5. The van der Waals surface area contributed by atoms with Crippen LogP contribution in [0.5, 0.6) is 5.75 Å². The smallest absolute Gasteiger partial charge is 0.208 e. The largest absolute Gasteiger partial charge is 0.496 e. The van der Waals surface area contributed by atoms with Crippen molar-refractivity contribution in [3.05, 3.63) is 46.7 Å². The molecule has 1 aromatic carbocycles. The summed E-state index contributed by atoms with van der Waals surface area (Å²) >= 11 is 0. The number of oxazole rings is 1. The highest BCUT2D eigenvalue weighted by molar-refractivity contribution is 5.38. The number of nitrogens with zero attached hydrogens (tertiary/aromatic N) is 1. The van der Waals surface area contributed by atoms with Crippen molar-refractivity contribution in [3.63, 3.8) is 0 Å². The molecule has 1 aromatic heterocycles. The zero-order chi connectivity index (χ0) is 15.4. The number of rotatable bonds is 6. The zero-order valence-corrected chi connectivity index (χ0v) is 12.9. The lowest BCUT2D eigenvalue weighted by Crippen LogP contribution is -2.21. The highest BCUT2D eigenvalue weighted by Gasteiger charge is 2.14. The van der Waals surface area contributed by atoms with E-state index in [1.165, 1.54) is 0 Å². The first-order chi connectivity index (χ1) is 10.0. The van der Waals surface area contributed by atoms with Crippen molar-refractivity contribution in [3.8, 4) is 5.75 Å². The number of nitrogens with one attached hydrogen (secondary N) is 1. The third-order valence-corrected chi connectivity index (χ3v) is 3.43. The Labute approximate surface area is 125 Å². The molecule has 0 aliphatic carbocycles. The minimum absolute atomic E-state index is 0.403. The first kappa shape index (κ1) is 15.5. The van der Waals surface area contributed by atoms with Gasteiger partial charge in [0.25, 0.3) is 0 Å². The van der Waals surface area contributed by atoms with Crippen LogP contribution >= 0.6 is 0 Å². The number of benzene rings is 1. The van der Waals surface area contributed by atoms with E-state index < -0.39 is 6.10 Å². The van der Waals surface area contributed by atoms with Gasteiger partial charge in [-0.3, -0.25) is 0 Å². The molecule has 2 N–H and O–H groups in total. The second kappa shape index (κ2) is 6.74. The molecule has 0 radical (unpaired) electrons. The summed E-state index contributed by atoms with van der Waals surface area (Å²) in [6, 6.07) is 5.76. The number of methoxy groups -OCH3 is 1. The normalized spacial score (nSPS) is 12.4. The topological polar surface area (TPSA) is 67.5 Å². The average Bonchev–Trinajstić information content (AvgIpc) is 2.77. The first-order valence-corrected chi connectivity index (χ1v) is 6.97. The van der Waals surface area contributed by atoms with Crippen LogP contribution in [0.2, 0.25) is 0 Å². The molecule has 0 aliphatic rings. The van der Waals surface area contributed by atoms with E-state index >= 15 is 0 Å². The maximum atomic E-state index is 10.3. The van der Waals surface area contributed by atoms with Gasteiger partial charge >= 0.3 is 0 Å². The van der Waals surface area contributed by atoms with E-state index in [1.54, 1.807) is 7.11 Å². The summed E-state index contributed by atoms with van der Waals surface area (Å²) in [5.41, 5.74) is 2.77. The number of hydrogen-bond donors (Lipinski definition) is 2. The van der Waals surface area contributed by atoms with Crippen LogP contribution in [0.1, 0.15) is 34.6 Å². The Kier molecular flexibility index (Phi) is 4.98. The molecular formula is C16H22N2O3. The van der Waals surface area contributed by atoms with E-state index in [0.29, 0.717) is 24.7 Å².